The van der Waals surface area contributed by atoms with Gasteiger partial charge in [0, 0.05) is 10.8 Å². The molecule has 0 amide bonds. The lowest BCUT2D eigenvalue weighted by atomic mass is 9.91. The maximum Gasteiger partial charge on any atom is 0.195 e. The number of hydrogen-bond acceptors (Lipinski definition) is 4. The third-order valence-electron chi connectivity index (χ3n) is 3.91. The molecule has 3 aromatic rings. The number of imidazole rings is 1. The summed E-state index contributed by atoms with van der Waals surface area (Å²) in [5, 5.41) is 2.04. The number of aldehydes is 1. The van der Waals surface area contributed by atoms with Gasteiger partial charge in [0.2, 0.25) is 0 Å². The Labute approximate surface area is 139 Å². The fourth-order valence-electron chi connectivity index (χ4n) is 2.78. The molecule has 2 heterocycles. The van der Waals surface area contributed by atoms with Crippen LogP contribution in [0.1, 0.15) is 42.5 Å². The lowest BCUT2D eigenvalue weighted by molar-refractivity contribution is 0.111. The number of aromatic nitrogens is 2. The average Bonchev–Trinajstić information content (AvgIpc) is 3.05. The molecular formula is C18H20N2O2S. The molecule has 0 unspecified atom stereocenters. The predicted molar refractivity (Wildman–Crippen MR) is 93.9 cm³/mol. The van der Waals surface area contributed by atoms with Crippen molar-refractivity contribution in [3.63, 3.8) is 0 Å². The third kappa shape index (κ3) is 2.55. The van der Waals surface area contributed by atoms with Gasteiger partial charge < -0.3 is 4.74 Å². The van der Waals surface area contributed by atoms with Crippen molar-refractivity contribution in [2.75, 3.05) is 7.11 Å². The number of carbonyl (C=O) groups is 1. The molecule has 0 aliphatic carbocycles. The van der Waals surface area contributed by atoms with Gasteiger partial charge in [0.05, 0.1) is 18.5 Å². The zero-order chi connectivity index (χ0) is 16.8. The fourth-order valence-corrected chi connectivity index (χ4v) is 3.68. The summed E-state index contributed by atoms with van der Waals surface area (Å²) >= 11 is 1.55. The highest BCUT2D eigenvalue weighted by Gasteiger charge is 2.25. The average molecular weight is 328 g/mol. The van der Waals surface area contributed by atoms with Gasteiger partial charge in [0.25, 0.3) is 0 Å². The monoisotopic (exact) mass is 328 g/mol. The molecule has 0 spiro atoms. The Morgan fingerprint density at radius 1 is 1.30 bits per heavy atom. The number of benzene rings is 1. The van der Waals surface area contributed by atoms with Gasteiger partial charge in [-0.15, -0.1) is 11.3 Å². The van der Waals surface area contributed by atoms with Crippen molar-refractivity contribution in [3.05, 3.63) is 40.5 Å². The minimum Gasteiger partial charge on any atom is -0.496 e. The van der Waals surface area contributed by atoms with E-state index in [1.165, 1.54) is 0 Å². The Morgan fingerprint density at radius 2 is 2.04 bits per heavy atom. The van der Waals surface area contributed by atoms with Crippen molar-refractivity contribution in [2.24, 2.45) is 0 Å². The molecule has 0 N–H and O–H groups in total. The number of thiazole rings is 1. The van der Waals surface area contributed by atoms with E-state index in [9.17, 15) is 4.79 Å². The number of carbonyl (C=O) groups excluding carboxylic acids is 1. The van der Waals surface area contributed by atoms with Crippen LogP contribution >= 0.6 is 11.3 Å². The van der Waals surface area contributed by atoms with E-state index >= 15 is 0 Å². The third-order valence-corrected chi connectivity index (χ3v) is 4.74. The first kappa shape index (κ1) is 15.7. The smallest absolute Gasteiger partial charge is 0.195 e. The van der Waals surface area contributed by atoms with E-state index < -0.39 is 0 Å². The molecule has 0 saturated carbocycles. The Bertz CT molecular complexity index is 884. The number of aryl methyl sites for hydroxylation is 1. The minimum absolute atomic E-state index is 0.172. The number of fused-ring (bicyclic) bond motifs is 1. The highest BCUT2D eigenvalue weighted by molar-refractivity contribution is 7.15. The minimum atomic E-state index is -0.172. The van der Waals surface area contributed by atoms with Gasteiger partial charge in [-0.1, -0.05) is 20.8 Å². The van der Waals surface area contributed by atoms with E-state index in [1.807, 2.05) is 28.8 Å². The number of ether oxygens (including phenoxy) is 1. The van der Waals surface area contributed by atoms with Crippen LogP contribution in [0.4, 0.5) is 0 Å². The molecule has 120 valence electrons. The van der Waals surface area contributed by atoms with Crippen molar-refractivity contribution in [3.8, 4) is 17.0 Å². The molecule has 1 aromatic carbocycles. The van der Waals surface area contributed by atoms with Crippen LogP contribution in [-0.2, 0) is 5.41 Å². The van der Waals surface area contributed by atoms with Crippen molar-refractivity contribution in [1.82, 2.24) is 9.38 Å². The molecule has 0 aliphatic heterocycles. The molecule has 0 saturated heterocycles. The zero-order valence-corrected chi connectivity index (χ0v) is 14.8. The Morgan fingerprint density at radius 3 is 2.61 bits per heavy atom. The Balaban J connectivity index is 2.25. The number of rotatable bonds is 3. The lowest BCUT2D eigenvalue weighted by Crippen LogP contribution is -2.14. The highest BCUT2D eigenvalue weighted by atomic mass is 32.1. The molecule has 0 atom stereocenters. The summed E-state index contributed by atoms with van der Waals surface area (Å²) in [5.74, 6) is 0.858. The van der Waals surface area contributed by atoms with E-state index in [-0.39, 0.29) is 5.41 Å². The first-order valence-electron chi connectivity index (χ1n) is 7.47. The zero-order valence-electron chi connectivity index (χ0n) is 14.0. The molecule has 0 aliphatic rings. The maximum absolute atomic E-state index is 11.7. The first-order valence-corrected chi connectivity index (χ1v) is 8.35. The quantitative estimate of drug-likeness (QED) is 0.665. The largest absolute Gasteiger partial charge is 0.496 e. The summed E-state index contributed by atoms with van der Waals surface area (Å²) in [6, 6.07) is 6.04. The van der Waals surface area contributed by atoms with Crippen molar-refractivity contribution >= 4 is 22.6 Å². The summed E-state index contributed by atoms with van der Waals surface area (Å²) in [6.45, 7) is 8.23. The summed E-state index contributed by atoms with van der Waals surface area (Å²) in [4.78, 5) is 17.3. The van der Waals surface area contributed by atoms with E-state index in [4.69, 9.17) is 4.74 Å². The summed E-state index contributed by atoms with van der Waals surface area (Å²) < 4.78 is 7.28. The van der Waals surface area contributed by atoms with Crippen molar-refractivity contribution < 1.29 is 9.53 Å². The lowest BCUT2D eigenvalue weighted by Gasteiger charge is -2.16. The predicted octanol–water partition coefficient (Wildman–Crippen LogP) is 4.49. The van der Waals surface area contributed by atoms with E-state index in [2.05, 4.69) is 31.8 Å². The number of methoxy groups -OCH3 is 1. The number of hydrogen-bond donors (Lipinski definition) is 0. The van der Waals surface area contributed by atoms with Crippen LogP contribution in [-0.4, -0.2) is 22.8 Å². The van der Waals surface area contributed by atoms with Gasteiger partial charge in [-0.3, -0.25) is 9.20 Å². The van der Waals surface area contributed by atoms with Crippen molar-refractivity contribution in [2.45, 2.75) is 33.1 Å². The fraction of sp³-hybridized carbons (Fsp3) is 0.333. The molecule has 4 nitrogen and oxygen atoms in total. The molecule has 0 radical (unpaired) electrons. The van der Waals surface area contributed by atoms with Gasteiger partial charge >= 0.3 is 0 Å². The maximum atomic E-state index is 11.7. The van der Waals surface area contributed by atoms with Crippen LogP contribution in [0.5, 0.6) is 5.75 Å². The van der Waals surface area contributed by atoms with Crippen LogP contribution in [0.25, 0.3) is 16.2 Å². The summed E-state index contributed by atoms with van der Waals surface area (Å²) in [7, 11) is 1.67. The molecule has 5 heteroatoms. The van der Waals surface area contributed by atoms with E-state index in [0.717, 1.165) is 39.5 Å². The Kier molecular flexibility index (Phi) is 3.76. The topological polar surface area (TPSA) is 43.6 Å². The molecule has 23 heavy (non-hydrogen) atoms. The highest BCUT2D eigenvalue weighted by Crippen LogP contribution is 2.34. The second kappa shape index (κ2) is 5.49. The normalized spacial score (nSPS) is 11.9. The van der Waals surface area contributed by atoms with Gasteiger partial charge in [-0.2, -0.15) is 0 Å². The first-order chi connectivity index (χ1) is 10.9. The van der Waals surface area contributed by atoms with Gasteiger partial charge in [0.15, 0.2) is 11.2 Å². The van der Waals surface area contributed by atoms with Crippen LogP contribution in [0, 0.1) is 6.92 Å². The molecule has 0 fully saturated rings. The molecular weight excluding hydrogens is 308 g/mol. The van der Waals surface area contributed by atoms with Gasteiger partial charge in [0.1, 0.15) is 11.4 Å². The molecule has 3 rings (SSSR count). The Hall–Kier alpha value is -2.14. The van der Waals surface area contributed by atoms with E-state index in [1.54, 1.807) is 18.4 Å². The molecule has 2 aromatic heterocycles. The van der Waals surface area contributed by atoms with Crippen LogP contribution in [0.15, 0.2) is 23.6 Å². The van der Waals surface area contributed by atoms with E-state index in [0.29, 0.717) is 5.69 Å². The SMILES string of the molecule is COc1ccc(-c2csc3nc(C(C)(C)C)c(C=O)n23)cc1C. The van der Waals surface area contributed by atoms with Crippen LogP contribution in [0.3, 0.4) is 0 Å². The van der Waals surface area contributed by atoms with Crippen LogP contribution < -0.4 is 4.74 Å². The molecule has 0 bridgehead atoms. The standard InChI is InChI=1S/C18H20N2O2S/c1-11-8-12(6-7-15(11)22-5)14-10-23-17-19-16(18(2,3)4)13(9-21)20(14)17/h6-10H,1-5H3. The summed E-state index contributed by atoms with van der Waals surface area (Å²) in [6.07, 6.45) is 0.910. The van der Waals surface area contributed by atoms with Gasteiger partial charge in [-0.25, -0.2) is 4.98 Å². The second-order valence-electron chi connectivity index (χ2n) is 6.64. The van der Waals surface area contributed by atoms with Gasteiger partial charge in [-0.05, 0) is 36.2 Å². The second-order valence-corrected chi connectivity index (χ2v) is 7.47. The summed E-state index contributed by atoms with van der Waals surface area (Å²) in [5.41, 5.74) is 4.40. The van der Waals surface area contributed by atoms with Crippen molar-refractivity contribution in [1.29, 1.82) is 0 Å². The number of nitrogens with zero attached hydrogens (tertiary/aromatic N) is 2. The van der Waals surface area contributed by atoms with Crippen LogP contribution in [0.2, 0.25) is 0 Å².